The first-order chi connectivity index (χ1) is 5.47. The lowest BCUT2D eigenvalue weighted by molar-refractivity contribution is 0.379. The molecule has 1 aromatic rings. The zero-order chi connectivity index (χ0) is 7.52. The molecule has 0 N–H and O–H groups in total. The molecule has 0 amide bonds. The van der Waals surface area contributed by atoms with E-state index >= 15 is 0 Å². The van der Waals surface area contributed by atoms with E-state index in [1.807, 2.05) is 6.07 Å². The molecule has 2 nitrogen and oxygen atoms in total. The van der Waals surface area contributed by atoms with Gasteiger partial charge in [0.1, 0.15) is 6.26 Å². The van der Waals surface area contributed by atoms with Gasteiger partial charge in [-0.3, -0.25) is 0 Å². The van der Waals surface area contributed by atoms with Crippen LogP contribution in [0, 0.1) is 0 Å². The van der Waals surface area contributed by atoms with Crippen LogP contribution in [0.1, 0.15) is 43.7 Å². The summed E-state index contributed by atoms with van der Waals surface area (Å²) in [6, 6.07) is 2.00. The lowest BCUT2D eigenvalue weighted by Crippen LogP contribution is -2.04. The van der Waals surface area contributed by atoms with Gasteiger partial charge in [0.05, 0.1) is 5.69 Å². The third-order valence-corrected chi connectivity index (χ3v) is 2.48. The van der Waals surface area contributed by atoms with Crippen LogP contribution in [0.4, 0.5) is 0 Å². The summed E-state index contributed by atoms with van der Waals surface area (Å²) in [6.45, 7) is 0. The van der Waals surface area contributed by atoms with Crippen LogP contribution in [0.3, 0.4) is 0 Å². The Bertz CT molecular complexity index is 199. The minimum atomic E-state index is 0.683. The number of hydrogen-bond donors (Lipinski definition) is 0. The highest BCUT2D eigenvalue weighted by molar-refractivity contribution is 5.04. The van der Waals surface area contributed by atoms with E-state index in [1.165, 1.54) is 32.1 Å². The fraction of sp³-hybridized carbons (Fsp3) is 0.667. The lowest BCUT2D eigenvalue weighted by Gasteiger charge is -2.18. The molecule has 1 aliphatic rings. The van der Waals surface area contributed by atoms with Gasteiger partial charge in [-0.15, -0.1) is 0 Å². The normalized spacial score (nSPS) is 20.4. The molecule has 11 heavy (non-hydrogen) atoms. The maximum atomic E-state index is 4.82. The summed E-state index contributed by atoms with van der Waals surface area (Å²) in [5, 5.41) is 3.96. The Balaban J connectivity index is 2.04. The summed E-state index contributed by atoms with van der Waals surface area (Å²) in [7, 11) is 0. The molecule has 60 valence electrons. The van der Waals surface area contributed by atoms with Crippen LogP contribution in [0.5, 0.6) is 0 Å². The number of hydrogen-bond acceptors (Lipinski definition) is 2. The zero-order valence-corrected chi connectivity index (χ0v) is 6.62. The topological polar surface area (TPSA) is 26.0 Å². The first-order valence-corrected chi connectivity index (χ1v) is 4.37. The summed E-state index contributed by atoms with van der Waals surface area (Å²) in [5.74, 6) is 0.683. The Morgan fingerprint density at radius 2 is 2.09 bits per heavy atom. The van der Waals surface area contributed by atoms with E-state index in [9.17, 15) is 0 Å². The van der Waals surface area contributed by atoms with Crippen LogP contribution in [0.2, 0.25) is 0 Å². The van der Waals surface area contributed by atoms with Crippen molar-refractivity contribution in [1.82, 2.24) is 5.16 Å². The standard InChI is InChI=1S/C9H13NO/c1-2-4-8(5-3-1)9-6-7-11-10-9/h6-8H,1-5H2. The molecule has 1 fully saturated rings. The van der Waals surface area contributed by atoms with Crippen molar-refractivity contribution in [3.05, 3.63) is 18.0 Å². The summed E-state index contributed by atoms with van der Waals surface area (Å²) < 4.78 is 4.82. The van der Waals surface area contributed by atoms with Crippen molar-refractivity contribution in [2.24, 2.45) is 0 Å². The molecule has 1 aromatic heterocycles. The van der Waals surface area contributed by atoms with E-state index < -0.39 is 0 Å². The Labute approximate surface area is 66.6 Å². The second-order valence-corrected chi connectivity index (χ2v) is 3.26. The van der Waals surface area contributed by atoms with Crippen molar-refractivity contribution in [3.63, 3.8) is 0 Å². The predicted molar refractivity (Wildman–Crippen MR) is 42.3 cm³/mol. The van der Waals surface area contributed by atoms with Gasteiger partial charge in [0, 0.05) is 12.0 Å². The predicted octanol–water partition coefficient (Wildman–Crippen LogP) is 2.72. The molecule has 1 aliphatic carbocycles. The molecule has 1 heterocycles. The molecule has 0 radical (unpaired) electrons. The van der Waals surface area contributed by atoms with Crippen molar-refractivity contribution in [1.29, 1.82) is 0 Å². The van der Waals surface area contributed by atoms with Crippen LogP contribution in [0.25, 0.3) is 0 Å². The third kappa shape index (κ3) is 1.44. The molecule has 1 saturated carbocycles. The summed E-state index contributed by atoms with van der Waals surface area (Å²) in [6.07, 6.45) is 8.38. The van der Waals surface area contributed by atoms with E-state index in [2.05, 4.69) is 5.16 Å². The van der Waals surface area contributed by atoms with Crippen LogP contribution >= 0.6 is 0 Å². The second-order valence-electron chi connectivity index (χ2n) is 3.26. The Morgan fingerprint density at radius 1 is 1.27 bits per heavy atom. The lowest BCUT2D eigenvalue weighted by atomic mass is 9.87. The van der Waals surface area contributed by atoms with Crippen LogP contribution in [-0.4, -0.2) is 5.16 Å². The number of rotatable bonds is 1. The molecule has 0 spiro atoms. The average molecular weight is 151 g/mol. The van der Waals surface area contributed by atoms with Gasteiger partial charge in [0.25, 0.3) is 0 Å². The van der Waals surface area contributed by atoms with Gasteiger partial charge in [-0.05, 0) is 12.8 Å². The minimum absolute atomic E-state index is 0.683. The first kappa shape index (κ1) is 6.89. The number of nitrogens with zero attached hydrogens (tertiary/aromatic N) is 1. The highest BCUT2D eigenvalue weighted by Crippen LogP contribution is 2.31. The highest BCUT2D eigenvalue weighted by Gasteiger charge is 2.17. The maximum absolute atomic E-state index is 4.82. The van der Waals surface area contributed by atoms with Crippen LogP contribution in [0.15, 0.2) is 16.9 Å². The Hall–Kier alpha value is -0.790. The molecular formula is C9H13NO. The van der Waals surface area contributed by atoms with Crippen LogP contribution in [-0.2, 0) is 0 Å². The molecule has 0 unspecified atom stereocenters. The van der Waals surface area contributed by atoms with Crippen molar-refractivity contribution in [3.8, 4) is 0 Å². The van der Waals surface area contributed by atoms with Gasteiger partial charge in [0.15, 0.2) is 0 Å². The fourth-order valence-electron chi connectivity index (χ4n) is 1.83. The Kier molecular flexibility index (Phi) is 1.93. The molecule has 0 bridgehead atoms. The van der Waals surface area contributed by atoms with Crippen LogP contribution < -0.4 is 0 Å². The second kappa shape index (κ2) is 3.07. The van der Waals surface area contributed by atoms with E-state index in [0.29, 0.717) is 5.92 Å². The molecular weight excluding hydrogens is 138 g/mol. The maximum Gasteiger partial charge on any atom is 0.124 e. The van der Waals surface area contributed by atoms with Crippen molar-refractivity contribution >= 4 is 0 Å². The molecule has 2 rings (SSSR count). The van der Waals surface area contributed by atoms with E-state index in [0.717, 1.165) is 5.69 Å². The van der Waals surface area contributed by atoms with Gasteiger partial charge in [-0.1, -0.05) is 24.4 Å². The minimum Gasteiger partial charge on any atom is -0.365 e. The molecule has 2 heteroatoms. The number of aromatic nitrogens is 1. The van der Waals surface area contributed by atoms with E-state index in [4.69, 9.17) is 4.52 Å². The molecule has 0 aliphatic heterocycles. The van der Waals surface area contributed by atoms with Gasteiger partial charge in [0.2, 0.25) is 0 Å². The monoisotopic (exact) mass is 151 g/mol. The Morgan fingerprint density at radius 3 is 2.73 bits per heavy atom. The molecule has 0 aromatic carbocycles. The fourth-order valence-corrected chi connectivity index (χ4v) is 1.83. The summed E-state index contributed by atoms with van der Waals surface area (Å²) in [5.41, 5.74) is 1.16. The quantitative estimate of drug-likeness (QED) is 0.616. The smallest absolute Gasteiger partial charge is 0.124 e. The SMILES string of the molecule is c1cc(C2CCCCC2)no1. The van der Waals surface area contributed by atoms with E-state index in [1.54, 1.807) is 6.26 Å². The highest BCUT2D eigenvalue weighted by atomic mass is 16.5. The van der Waals surface area contributed by atoms with Gasteiger partial charge in [-0.25, -0.2) is 0 Å². The molecule has 0 atom stereocenters. The van der Waals surface area contributed by atoms with Crippen molar-refractivity contribution in [2.45, 2.75) is 38.0 Å². The van der Waals surface area contributed by atoms with Gasteiger partial charge >= 0.3 is 0 Å². The van der Waals surface area contributed by atoms with Crippen molar-refractivity contribution < 1.29 is 4.52 Å². The van der Waals surface area contributed by atoms with Gasteiger partial charge < -0.3 is 4.52 Å². The van der Waals surface area contributed by atoms with Crippen molar-refractivity contribution in [2.75, 3.05) is 0 Å². The van der Waals surface area contributed by atoms with Gasteiger partial charge in [-0.2, -0.15) is 0 Å². The largest absolute Gasteiger partial charge is 0.365 e. The average Bonchev–Trinajstić information content (AvgIpc) is 2.58. The summed E-state index contributed by atoms with van der Waals surface area (Å²) >= 11 is 0. The summed E-state index contributed by atoms with van der Waals surface area (Å²) in [4.78, 5) is 0. The first-order valence-electron chi connectivity index (χ1n) is 4.37. The molecule has 0 saturated heterocycles. The third-order valence-electron chi connectivity index (χ3n) is 2.48. The zero-order valence-electron chi connectivity index (χ0n) is 6.62. The van der Waals surface area contributed by atoms with E-state index in [-0.39, 0.29) is 0 Å².